The van der Waals surface area contributed by atoms with Crippen molar-refractivity contribution >= 4 is 12.0 Å². The van der Waals surface area contributed by atoms with Crippen molar-refractivity contribution in [2.24, 2.45) is 5.92 Å². The fourth-order valence-electron chi connectivity index (χ4n) is 2.96. The molecule has 0 aliphatic carbocycles. The van der Waals surface area contributed by atoms with E-state index in [2.05, 4.69) is 11.0 Å². The number of carbonyl (C=O) groups is 1. The number of hydrogen-bond acceptors (Lipinski definition) is 3. The number of rotatable bonds is 6. The Balaban J connectivity index is 2.03. The molecule has 1 atom stereocenters. The van der Waals surface area contributed by atoms with Gasteiger partial charge < -0.3 is 10.2 Å². The van der Waals surface area contributed by atoms with Crippen LogP contribution in [0.5, 0.6) is 0 Å². The fraction of sp³-hybridized carbons (Fsp3) is 0.471. The molecule has 21 heavy (non-hydrogen) atoms. The first-order valence-electron chi connectivity index (χ1n) is 7.51. The van der Waals surface area contributed by atoms with Crippen LogP contribution in [0.15, 0.2) is 30.3 Å². The minimum absolute atomic E-state index is 0.260. The van der Waals surface area contributed by atoms with E-state index in [0.717, 1.165) is 43.6 Å². The Morgan fingerprint density at radius 2 is 2.19 bits per heavy atom. The summed E-state index contributed by atoms with van der Waals surface area (Å²) in [4.78, 5) is 13.1. The van der Waals surface area contributed by atoms with Crippen LogP contribution in [-0.4, -0.2) is 40.8 Å². The van der Waals surface area contributed by atoms with E-state index in [1.165, 1.54) is 12.5 Å². The van der Waals surface area contributed by atoms with Gasteiger partial charge in [0.05, 0.1) is 0 Å². The molecule has 0 bridgehead atoms. The van der Waals surface area contributed by atoms with E-state index in [1.54, 1.807) is 6.08 Å². The molecule has 1 aromatic rings. The van der Waals surface area contributed by atoms with Gasteiger partial charge in [0, 0.05) is 25.8 Å². The molecule has 1 aliphatic heterocycles. The minimum atomic E-state index is -0.925. The predicted molar refractivity (Wildman–Crippen MR) is 82.8 cm³/mol. The molecule has 1 unspecified atom stereocenters. The summed E-state index contributed by atoms with van der Waals surface area (Å²) in [6, 6.07) is 7.92. The van der Waals surface area contributed by atoms with Gasteiger partial charge in [-0.3, -0.25) is 4.90 Å². The fourth-order valence-corrected chi connectivity index (χ4v) is 2.96. The van der Waals surface area contributed by atoms with E-state index in [9.17, 15) is 4.79 Å². The molecule has 1 saturated heterocycles. The average Bonchev–Trinajstić information content (AvgIpc) is 2.47. The second kappa shape index (κ2) is 7.96. The zero-order valence-corrected chi connectivity index (χ0v) is 12.2. The van der Waals surface area contributed by atoms with Gasteiger partial charge in [0.2, 0.25) is 0 Å². The van der Waals surface area contributed by atoms with Gasteiger partial charge in [-0.05, 0) is 48.9 Å². The number of aliphatic hydroxyl groups is 1. The minimum Gasteiger partial charge on any atom is -0.478 e. The van der Waals surface area contributed by atoms with Crippen molar-refractivity contribution in [1.82, 2.24) is 4.90 Å². The van der Waals surface area contributed by atoms with Crippen molar-refractivity contribution in [2.75, 3.05) is 19.7 Å². The molecule has 2 rings (SSSR count). The summed E-state index contributed by atoms with van der Waals surface area (Å²) in [5.74, 6) is -0.351. The van der Waals surface area contributed by atoms with Crippen LogP contribution in [0.25, 0.3) is 6.08 Å². The lowest BCUT2D eigenvalue weighted by Gasteiger charge is -2.32. The zero-order chi connectivity index (χ0) is 15.1. The third-order valence-electron chi connectivity index (χ3n) is 3.99. The largest absolute Gasteiger partial charge is 0.478 e. The van der Waals surface area contributed by atoms with Crippen LogP contribution in [0, 0.1) is 5.92 Å². The van der Waals surface area contributed by atoms with Crippen molar-refractivity contribution < 1.29 is 15.0 Å². The van der Waals surface area contributed by atoms with Crippen LogP contribution >= 0.6 is 0 Å². The first kappa shape index (κ1) is 15.7. The third-order valence-corrected chi connectivity index (χ3v) is 3.99. The SMILES string of the molecule is O=C(O)/C=C/c1ccccc1CN1CCCC(CCO)C1. The van der Waals surface area contributed by atoms with Gasteiger partial charge in [-0.25, -0.2) is 4.79 Å². The van der Waals surface area contributed by atoms with Gasteiger partial charge in [0.15, 0.2) is 0 Å². The third kappa shape index (κ3) is 4.99. The molecule has 4 nitrogen and oxygen atoms in total. The Labute approximate surface area is 125 Å². The molecule has 0 radical (unpaired) electrons. The first-order valence-corrected chi connectivity index (χ1v) is 7.51. The van der Waals surface area contributed by atoms with E-state index in [-0.39, 0.29) is 6.61 Å². The summed E-state index contributed by atoms with van der Waals surface area (Å²) in [5, 5.41) is 17.8. The highest BCUT2D eigenvalue weighted by molar-refractivity contribution is 5.85. The van der Waals surface area contributed by atoms with Crippen molar-refractivity contribution in [1.29, 1.82) is 0 Å². The average molecular weight is 289 g/mol. The second-order valence-electron chi connectivity index (χ2n) is 5.63. The van der Waals surface area contributed by atoms with Crippen LogP contribution in [0.2, 0.25) is 0 Å². The van der Waals surface area contributed by atoms with Crippen molar-refractivity contribution in [3.8, 4) is 0 Å². The van der Waals surface area contributed by atoms with Crippen molar-refractivity contribution in [3.63, 3.8) is 0 Å². The molecule has 2 N–H and O–H groups in total. The van der Waals surface area contributed by atoms with Crippen LogP contribution in [0.4, 0.5) is 0 Å². The van der Waals surface area contributed by atoms with E-state index < -0.39 is 5.97 Å². The molecule has 0 spiro atoms. The summed E-state index contributed by atoms with van der Waals surface area (Å²) < 4.78 is 0. The number of likely N-dealkylation sites (tertiary alicyclic amines) is 1. The predicted octanol–water partition coefficient (Wildman–Crippen LogP) is 2.38. The van der Waals surface area contributed by atoms with E-state index in [4.69, 9.17) is 10.2 Å². The number of carboxylic acid groups (broad SMARTS) is 1. The lowest BCUT2D eigenvalue weighted by molar-refractivity contribution is -0.131. The summed E-state index contributed by atoms with van der Waals surface area (Å²) in [6.07, 6.45) is 6.07. The summed E-state index contributed by atoms with van der Waals surface area (Å²) >= 11 is 0. The Bertz CT molecular complexity index is 497. The molecule has 0 amide bonds. The lowest BCUT2D eigenvalue weighted by atomic mass is 9.94. The molecule has 0 saturated carbocycles. The van der Waals surface area contributed by atoms with Crippen LogP contribution < -0.4 is 0 Å². The number of benzene rings is 1. The summed E-state index contributed by atoms with van der Waals surface area (Å²) in [5.41, 5.74) is 2.11. The smallest absolute Gasteiger partial charge is 0.328 e. The highest BCUT2D eigenvalue weighted by atomic mass is 16.4. The molecule has 114 valence electrons. The molecule has 0 aromatic heterocycles. The molecule has 1 fully saturated rings. The van der Waals surface area contributed by atoms with Crippen molar-refractivity contribution in [3.05, 3.63) is 41.5 Å². The highest BCUT2D eigenvalue weighted by Crippen LogP contribution is 2.22. The maximum Gasteiger partial charge on any atom is 0.328 e. The Kier molecular flexibility index (Phi) is 5.96. The zero-order valence-electron chi connectivity index (χ0n) is 12.2. The molecule has 1 aromatic carbocycles. The van der Waals surface area contributed by atoms with Crippen LogP contribution in [-0.2, 0) is 11.3 Å². The number of nitrogens with zero attached hydrogens (tertiary/aromatic N) is 1. The quantitative estimate of drug-likeness (QED) is 0.789. The van der Waals surface area contributed by atoms with Crippen LogP contribution in [0.1, 0.15) is 30.4 Å². The normalized spacial score (nSPS) is 20.0. The topological polar surface area (TPSA) is 60.8 Å². The van der Waals surface area contributed by atoms with Gasteiger partial charge in [-0.2, -0.15) is 0 Å². The van der Waals surface area contributed by atoms with Crippen LogP contribution in [0.3, 0.4) is 0 Å². The molecular formula is C17H23NO3. The number of carboxylic acids is 1. The molecule has 1 heterocycles. The number of hydrogen-bond donors (Lipinski definition) is 2. The van der Waals surface area contributed by atoms with Gasteiger partial charge >= 0.3 is 5.97 Å². The van der Waals surface area contributed by atoms with E-state index in [0.29, 0.717) is 5.92 Å². The Morgan fingerprint density at radius 1 is 1.38 bits per heavy atom. The lowest BCUT2D eigenvalue weighted by Crippen LogP contribution is -2.35. The Morgan fingerprint density at radius 3 is 2.95 bits per heavy atom. The highest BCUT2D eigenvalue weighted by Gasteiger charge is 2.19. The summed E-state index contributed by atoms with van der Waals surface area (Å²) in [6.45, 7) is 3.18. The van der Waals surface area contributed by atoms with E-state index >= 15 is 0 Å². The molecule has 1 aliphatic rings. The Hall–Kier alpha value is -1.65. The maximum absolute atomic E-state index is 10.7. The van der Waals surface area contributed by atoms with Crippen molar-refractivity contribution in [2.45, 2.75) is 25.8 Å². The first-order chi connectivity index (χ1) is 10.2. The molecular weight excluding hydrogens is 266 g/mol. The number of aliphatic hydroxyl groups excluding tert-OH is 1. The van der Waals surface area contributed by atoms with E-state index in [1.807, 2.05) is 18.2 Å². The van der Waals surface area contributed by atoms with Gasteiger partial charge in [0.1, 0.15) is 0 Å². The standard InChI is InChI=1S/C17H23NO3/c19-11-9-14-4-3-10-18(12-14)13-16-6-2-1-5-15(16)7-8-17(20)21/h1-2,5-8,14,19H,3-4,9-13H2,(H,20,21)/b8-7+. The maximum atomic E-state index is 10.7. The van der Waals surface area contributed by atoms with Gasteiger partial charge in [0.25, 0.3) is 0 Å². The van der Waals surface area contributed by atoms with Gasteiger partial charge in [-0.15, -0.1) is 0 Å². The summed E-state index contributed by atoms with van der Waals surface area (Å²) in [7, 11) is 0. The number of aliphatic carboxylic acids is 1. The monoisotopic (exact) mass is 289 g/mol. The van der Waals surface area contributed by atoms with Gasteiger partial charge in [-0.1, -0.05) is 24.3 Å². The molecule has 4 heteroatoms. The second-order valence-corrected chi connectivity index (χ2v) is 5.63. The number of piperidine rings is 1.